The van der Waals surface area contributed by atoms with E-state index in [0.29, 0.717) is 23.7 Å². The molecule has 2 aromatic rings. The van der Waals surface area contributed by atoms with Crippen molar-refractivity contribution in [2.24, 2.45) is 0 Å². The van der Waals surface area contributed by atoms with Crippen LogP contribution in [0.2, 0.25) is 0 Å². The van der Waals surface area contributed by atoms with Gasteiger partial charge in [0.25, 0.3) is 0 Å². The highest BCUT2D eigenvalue weighted by atomic mass is 32.2. The number of nitrogens with zero attached hydrogens (tertiary/aromatic N) is 3. The molecule has 1 aliphatic rings. The van der Waals surface area contributed by atoms with Crippen molar-refractivity contribution in [3.63, 3.8) is 0 Å². The maximum Gasteiger partial charge on any atom is 0.224 e. The number of carbonyl (C=O) groups excluding carboxylic acids is 2. The first-order valence-electron chi connectivity index (χ1n) is 8.58. The summed E-state index contributed by atoms with van der Waals surface area (Å²) in [6.07, 6.45) is 5.35. The fourth-order valence-electron chi connectivity index (χ4n) is 2.53. The van der Waals surface area contributed by atoms with Gasteiger partial charge in [0.15, 0.2) is 10.9 Å². The molecule has 7 heteroatoms. The summed E-state index contributed by atoms with van der Waals surface area (Å²) in [7, 11) is 0. The lowest BCUT2D eigenvalue weighted by Crippen LogP contribution is -2.15. The van der Waals surface area contributed by atoms with E-state index >= 15 is 0 Å². The van der Waals surface area contributed by atoms with E-state index in [1.807, 2.05) is 13.8 Å². The summed E-state index contributed by atoms with van der Waals surface area (Å²) in [5.74, 6) is 0.0340. The van der Waals surface area contributed by atoms with Crippen molar-refractivity contribution in [2.75, 3.05) is 5.32 Å². The number of carbonyl (C=O) groups is 2. The third-order valence-electron chi connectivity index (χ3n) is 4.06. The SMILES string of the molecule is CCCC(=O)Nc1ccc(C(=O)[C@@H](C)Sc2nncn2C2CC2)cc1. The molecule has 1 aliphatic carbocycles. The average molecular weight is 358 g/mol. The largest absolute Gasteiger partial charge is 0.326 e. The minimum absolute atomic E-state index is 0.00934. The molecule has 1 saturated carbocycles. The van der Waals surface area contributed by atoms with Crippen LogP contribution in [0.4, 0.5) is 5.69 Å². The molecule has 132 valence electrons. The van der Waals surface area contributed by atoms with Gasteiger partial charge in [-0.25, -0.2) is 0 Å². The number of Topliss-reactive ketones (excluding diaryl/α,β-unsaturated/α-hetero) is 1. The van der Waals surface area contributed by atoms with Crippen LogP contribution in [0.1, 0.15) is 55.9 Å². The Morgan fingerprint density at radius 3 is 2.68 bits per heavy atom. The number of benzene rings is 1. The van der Waals surface area contributed by atoms with E-state index in [4.69, 9.17) is 0 Å². The molecule has 0 aliphatic heterocycles. The number of hydrogen-bond donors (Lipinski definition) is 1. The molecular weight excluding hydrogens is 336 g/mol. The lowest BCUT2D eigenvalue weighted by Gasteiger charge is -2.11. The first kappa shape index (κ1) is 17.7. The molecule has 6 nitrogen and oxygen atoms in total. The van der Waals surface area contributed by atoms with Gasteiger partial charge in [-0.3, -0.25) is 9.59 Å². The second kappa shape index (κ2) is 7.82. The van der Waals surface area contributed by atoms with Gasteiger partial charge in [-0.1, -0.05) is 18.7 Å². The summed E-state index contributed by atoms with van der Waals surface area (Å²) in [4.78, 5) is 24.3. The quantitative estimate of drug-likeness (QED) is 0.575. The number of aromatic nitrogens is 3. The molecule has 1 heterocycles. The van der Waals surface area contributed by atoms with E-state index in [9.17, 15) is 9.59 Å². The summed E-state index contributed by atoms with van der Waals surface area (Å²) in [6, 6.07) is 7.54. The zero-order chi connectivity index (χ0) is 17.8. The molecule has 1 fully saturated rings. The Morgan fingerprint density at radius 1 is 1.32 bits per heavy atom. The van der Waals surface area contributed by atoms with Gasteiger partial charge in [-0.05, 0) is 50.5 Å². The molecule has 1 atom stereocenters. The lowest BCUT2D eigenvalue weighted by molar-refractivity contribution is -0.116. The second-order valence-electron chi connectivity index (χ2n) is 6.25. The van der Waals surface area contributed by atoms with Crippen LogP contribution in [0.5, 0.6) is 0 Å². The Labute approximate surface area is 151 Å². The van der Waals surface area contributed by atoms with Gasteiger partial charge >= 0.3 is 0 Å². The zero-order valence-electron chi connectivity index (χ0n) is 14.4. The maximum absolute atomic E-state index is 12.6. The lowest BCUT2D eigenvalue weighted by atomic mass is 10.1. The maximum atomic E-state index is 12.6. The first-order valence-corrected chi connectivity index (χ1v) is 9.46. The third kappa shape index (κ3) is 4.48. The summed E-state index contributed by atoms with van der Waals surface area (Å²) in [5, 5.41) is 11.5. The molecule has 1 aromatic heterocycles. The predicted molar refractivity (Wildman–Crippen MR) is 97.9 cm³/mol. The molecule has 0 spiro atoms. The molecule has 0 bridgehead atoms. The van der Waals surface area contributed by atoms with Crippen molar-refractivity contribution in [3.05, 3.63) is 36.2 Å². The van der Waals surface area contributed by atoms with Gasteiger partial charge < -0.3 is 9.88 Å². The molecule has 3 rings (SSSR count). The van der Waals surface area contributed by atoms with Gasteiger partial charge in [-0.2, -0.15) is 0 Å². The van der Waals surface area contributed by atoms with Gasteiger partial charge in [0, 0.05) is 23.7 Å². The second-order valence-corrected chi connectivity index (χ2v) is 7.56. The highest BCUT2D eigenvalue weighted by Crippen LogP contribution is 2.38. The highest BCUT2D eigenvalue weighted by molar-refractivity contribution is 8.00. The normalized spacial score (nSPS) is 15.0. The van der Waals surface area contributed by atoms with Crippen LogP contribution in [0.15, 0.2) is 35.7 Å². The summed E-state index contributed by atoms with van der Waals surface area (Å²) < 4.78 is 2.06. The molecule has 1 aromatic carbocycles. The van der Waals surface area contributed by atoms with E-state index in [1.54, 1.807) is 30.6 Å². The van der Waals surface area contributed by atoms with E-state index in [2.05, 4.69) is 20.1 Å². The van der Waals surface area contributed by atoms with Crippen molar-refractivity contribution >= 4 is 29.1 Å². The number of hydrogen-bond acceptors (Lipinski definition) is 5. The molecular formula is C18H22N4O2S. The average Bonchev–Trinajstić information content (AvgIpc) is 3.34. The molecule has 0 unspecified atom stereocenters. The number of ketones is 1. The molecule has 25 heavy (non-hydrogen) atoms. The Balaban J connectivity index is 1.61. The van der Waals surface area contributed by atoms with Crippen molar-refractivity contribution in [1.82, 2.24) is 14.8 Å². The fraction of sp³-hybridized carbons (Fsp3) is 0.444. The first-order chi connectivity index (χ1) is 12.1. The Morgan fingerprint density at radius 2 is 2.04 bits per heavy atom. The molecule has 1 amide bonds. The molecule has 1 N–H and O–H groups in total. The topological polar surface area (TPSA) is 76.9 Å². The number of nitrogens with one attached hydrogen (secondary N) is 1. The van der Waals surface area contributed by atoms with Crippen LogP contribution in [-0.2, 0) is 4.79 Å². The number of thioether (sulfide) groups is 1. The predicted octanol–water partition coefficient (Wildman–Crippen LogP) is 3.72. The van der Waals surface area contributed by atoms with E-state index in [1.165, 1.54) is 11.8 Å². The van der Waals surface area contributed by atoms with E-state index in [-0.39, 0.29) is 16.9 Å². The van der Waals surface area contributed by atoms with Gasteiger partial charge in [0.05, 0.1) is 5.25 Å². The van der Waals surface area contributed by atoms with Crippen molar-refractivity contribution in [1.29, 1.82) is 0 Å². The summed E-state index contributed by atoms with van der Waals surface area (Å²) in [6.45, 7) is 3.85. The smallest absolute Gasteiger partial charge is 0.224 e. The Bertz CT molecular complexity index is 753. The molecule has 0 radical (unpaired) electrons. The van der Waals surface area contributed by atoms with Crippen molar-refractivity contribution in [3.8, 4) is 0 Å². The van der Waals surface area contributed by atoms with Crippen molar-refractivity contribution < 1.29 is 9.59 Å². The Kier molecular flexibility index (Phi) is 5.53. The Hall–Kier alpha value is -2.15. The summed E-state index contributed by atoms with van der Waals surface area (Å²) >= 11 is 1.44. The van der Waals surface area contributed by atoms with Gasteiger partial charge in [0.1, 0.15) is 6.33 Å². The summed E-state index contributed by atoms with van der Waals surface area (Å²) in [5.41, 5.74) is 1.34. The van der Waals surface area contributed by atoms with Crippen molar-refractivity contribution in [2.45, 2.75) is 56.0 Å². The van der Waals surface area contributed by atoms with Crippen LogP contribution in [0, 0.1) is 0 Å². The monoisotopic (exact) mass is 358 g/mol. The van der Waals surface area contributed by atoms with Crippen LogP contribution in [0.3, 0.4) is 0 Å². The van der Waals surface area contributed by atoms with E-state index in [0.717, 1.165) is 24.4 Å². The van der Waals surface area contributed by atoms with E-state index < -0.39 is 0 Å². The number of amides is 1. The van der Waals surface area contributed by atoms with Crippen LogP contribution in [-0.4, -0.2) is 31.7 Å². The zero-order valence-corrected chi connectivity index (χ0v) is 15.3. The highest BCUT2D eigenvalue weighted by Gasteiger charge is 2.28. The number of anilines is 1. The molecule has 0 saturated heterocycles. The fourth-order valence-corrected chi connectivity index (χ4v) is 3.51. The minimum atomic E-state index is -0.248. The van der Waals surface area contributed by atoms with Crippen LogP contribution in [0.25, 0.3) is 0 Å². The standard InChI is InChI=1S/C18H22N4O2S/c1-3-4-16(23)20-14-7-5-13(6-8-14)17(24)12(2)25-18-21-19-11-22(18)15-9-10-15/h5-8,11-12,15H,3-4,9-10H2,1-2H3,(H,20,23)/t12-/m1/s1. The van der Waals surface area contributed by atoms with Crippen LogP contribution < -0.4 is 5.32 Å². The van der Waals surface area contributed by atoms with Gasteiger partial charge in [-0.15, -0.1) is 10.2 Å². The third-order valence-corrected chi connectivity index (χ3v) is 5.13. The van der Waals surface area contributed by atoms with Crippen LogP contribution >= 0.6 is 11.8 Å². The minimum Gasteiger partial charge on any atom is -0.326 e. The van der Waals surface area contributed by atoms with Gasteiger partial charge in [0.2, 0.25) is 5.91 Å². The number of rotatable bonds is 8.